The normalized spacial score (nSPS) is 9.07. The molecule has 15 heavy (non-hydrogen) atoms. The SMILES string of the molecule is [CH2-]CC(=O)C(C)C.[CH2-]CC(=O)C(C)C.[Y]. The van der Waals surface area contributed by atoms with E-state index in [1.165, 1.54) is 0 Å². The summed E-state index contributed by atoms with van der Waals surface area (Å²) in [4.78, 5) is 20.9. The minimum Gasteiger partial charge on any atom is -0.336 e. The van der Waals surface area contributed by atoms with Gasteiger partial charge in [-0.3, -0.25) is 0 Å². The van der Waals surface area contributed by atoms with Crippen molar-refractivity contribution >= 4 is 11.6 Å². The van der Waals surface area contributed by atoms with Crippen LogP contribution in [0.25, 0.3) is 0 Å². The van der Waals surface area contributed by atoms with Crippen molar-refractivity contribution < 1.29 is 42.3 Å². The number of carbonyl (C=O) groups excluding carboxylic acids is 2. The Morgan fingerprint density at radius 1 is 0.867 bits per heavy atom. The van der Waals surface area contributed by atoms with Crippen molar-refractivity contribution in [3.8, 4) is 0 Å². The van der Waals surface area contributed by atoms with Crippen LogP contribution in [-0.4, -0.2) is 11.6 Å². The van der Waals surface area contributed by atoms with E-state index in [2.05, 4.69) is 13.8 Å². The molecule has 0 aliphatic rings. The molecule has 0 saturated heterocycles. The molecule has 0 N–H and O–H groups in total. The van der Waals surface area contributed by atoms with Gasteiger partial charge >= 0.3 is 0 Å². The molecular formula is C12H22O2Y-2. The molecule has 0 aliphatic carbocycles. The van der Waals surface area contributed by atoms with E-state index in [9.17, 15) is 9.59 Å². The van der Waals surface area contributed by atoms with Crippen molar-refractivity contribution in [3.63, 3.8) is 0 Å². The third-order valence-corrected chi connectivity index (χ3v) is 1.78. The molecule has 0 aliphatic heterocycles. The average molecular weight is 287 g/mol. The van der Waals surface area contributed by atoms with Crippen LogP contribution < -0.4 is 0 Å². The van der Waals surface area contributed by atoms with Crippen LogP contribution in [0.15, 0.2) is 0 Å². The second-order valence-electron chi connectivity index (χ2n) is 3.74. The number of rotatable bonds is 4. The van der Waals surface area contributed by atoms with Crippen LogP contribution in [-0.2, 0) is 42.3 Å². The Bertz CT molecular complexity index is 154. The van der Waals surface area contributed by atoms with Crippen molar-refractivity contribution in [2.75, 3.05) is 0 Å². The zero-order valence-corrected chi connectivity index (χ0v) is 13.2. The van der Waals surface area contributed by atoms with Gasteiger partial charge in [-0.2, -0.15) is 0 Å². The van der Waals surface area contributed by atoms with E-state index in [-0.39, 0.29) is 56.1 Å². The monoisotopic (exact) mass is 287 g/mol. The summed E-state index contributed by atoms with van der Waals surface area (Å²) in [5.74, 6) is 0.801. The number of hydrogen-bond acceptors (Lipinski definition) is 2. The van der Waals surface area contributed by atoms with Gasteiger partial charge in [0.1, 0.15) is 11.6 Å². The van der Waals surface area contributed by atoms with Crippen LogP contribution in [0.5, 0.6) is 0 Å². The Balaban J connectivity index is -0.000000180. The van der Waals surface area contributed by atoms with Crippen molar-refractivity contribution in [1.82, 2.24) is 0 Å². The van der Waals surface area contributed by atoms with Crippen molar-refractivity contribution in [2.45, 2.75) is 40.5 Å². The summed E-state index contributed by atoms with van der Waals surface area (Å²) < 4.78 is 0. The van der Waals surface area contributed by atoms with E-state index in [1.807, 2.05) is 27.7 Å². The van der Waals surface area contributed by atoms with Crippen LogP contribution in [0, 0.1) is 25.7 Å². The van der Waals surface area contributed by atoms with E-state index in [1.54, 1.807) is 0 Å². The summed E-state index contributed by atoms with van der Waals surface area (Å²) in [5, 5.41) is 0. The molecule has 1 radical (unpaired) electrons. The van der Waals surface area contributed by atoms with Crippen LogP contribution in [0.1, 0.15) is 40.5 Å². The summed E-state index contributed by atoms with van der Waals surface area (Å²) in [6.07, 6.45) is 0.856. The fourth-order valence-electron chi connectivity index (χ4n) is 0.577. The van der Waals surface area contributed by atoms with Gasteiger partial charge in [-0.05, 0) is 0 Å². The number of carbonyl (C=O) groups is 2. The number of hydrogen-bond donors (Lipinski definition) is 0. The zero-order valence-electron chi connectivity index (χ0n) is 10.4. The molecule has 0 unspecified atom stereocenters. The quantitative estimate of drug-likeness (QED) is 0.745. The second kappa shape index (κ2) is 12.5. The first-order chi connectivity index (χ1) is 6.36. The summed E-state index contributed by atoms with van der Waals surface area (Å²) >= 11 is 0. The van der Waals surface area contributed by atoms with Crippen LogP contribution in [0.2, 0.25) is 0 Å². The maximum absolute atomic E-state index is 10.4. The summed E-state index contributed by atoms with van der Waals surface area (Å²) in [6.45, 7) is 14.4. The van der Waals surface area contributed by atoms with Gasteiger partial charge in [-0.15, -0.1) is 12.8 Å². The molecule has 2 nitrogen and oxygen atoms in total. The van der Waals surface area contributed by atoms with Gasteiger partial charge in [0, 0.05) is 44.5 Å². The van der Waals surface area contributed by atoms with Gasteiger partial charge < -0.3 is 23.4 Å². The summed E-state index contributed by atoms with van der Waals surface area (Å²) in [5.41, 5.74) is 0. The van der Waals surface area contributed by atoms with Crippen LogP contribution >= 0.6 is 0 Å². The van der Waals surface area contributed by atoms with Gasteiger partial charge in [-0.25, -0.2) is 0 Å². The maximum atomic E-state index is 10.4. The molecular weight excluding hydrogens is 265 g/mol. The fourth-order valence-corrected chi connectivity index (χ4v) is 0.577. The van der Waals surface area contributed by atoms with E-state index >= 15 is 0 Å². The van der Waals surface area contributed by atoms with Gasteiger partial charge in [0.05, 0.1) is 0 Å². The Morgan fingerprint density at radius 3 is 1.07 bits per heavy atom. The molecule has 0 fully saturated rings. The maximum Gasteiger partial charge on any atom is 0.105 e. The van der Waals surface area contributed by atoms with Gasteiger partial charge in [-0.1, -0.05) is 27.7 Å². The van der Waals surface area contributed by atoms with E-state index in [0.29, 0.717) is 12.8 Å². The fraction of sp³-hybridized carbons (Fsp3) is 0.667. The third-order valence-electron chi connectivity index (χ3n) is 1.78. The van der Waals surface area contributed by atoms with Crippen molar-refractivity contribution in [2.24, 2.45) is 11.8 Å². The molecule has 3 heteroatoms. The third kappa shape index (κ3) is 14.4. The Hall–Kier alpha value is 0.444. The molecule has 87 valence electrons. The van der Waals surface area contributed by atoms with Crippen LogP contribution in [0.4, 0.5) is 0 Å². The Kier molecular flexibility index (Phi) is 17.4. The van der Waals surface area contributed by atoms with Gasteiger partial charge in [0.2, 0.25) is 0 Å². The minimum atomic E-state index is 0. The first-order valence-electron chi connectivity index (χ1n) is 5.00. The van der Waals surface area contributed by atoms with Crippen molar-refractivity contribution in [3.05, 3.63) is 13.8 Å². The van der Waals surface area contributed by atoms with E-state index in [4.69, 9.17) is 0 Å². The largest absolute Gasteiger partial charge is 0.336 e. The van der Waals surface area contributed by atoms with E-state index < -0.39 is 0 Å². The zero-order chi connectivity index (χ0) is 11.7. The topological polar surface area (TPSA) is 34.1 Å². The molecule has 0 spiro atoms. The summed E-state index contributed by atoms with van der Waals surface area (Å²) in [6, 6.07) is 0. The molecule has 0 aromatic heterocycles. The molecule has 0 atom stereocenters. The van der Waals surface area contributed by atoms with Crippen molar-refractivity contribution in [1.29, 1.82) is 0 Å². The molecule has 0 aromatic carbocycles. The molecule has 0 aromatic rings. The number of ketones is 2. The Labute approximate surface area is 119 Å². The first-order valence-corrected chi connectivity index (χ1v) is 5.00. The molecule has 0 saturated carbocycles. The van der Waals surface area contributed by atoms with Gasteiger partial charge in [0.25, 0.3) is 0 Å². The minimum absolute atomic E-state index is 0. The standard InChI is InChI=1S/2C6H11O.Y/c2*1-4-6(7)5(2)3;/h2*5H,1,4H2,2-3H3;/q2*-1;. The smallest absolute Gasteiger partial charge is 0.105 e. The summed E-state index contributed by atoms with van der Waals surface area (Å²) in [7, 11) is 0. The average Bonchev–Trinajstić information content (AvgIpc) is 2.15. The number of Topliss-reactive ketones (excluding diaryl/α,β-unsaturated/α-hetero) is 2. The molecule has 0 amide bonds. The predicted octanol–water partition coefficient (Wildman–Crippen LogP) is 2.87. The molecule has 0 rings (SSSR count). The van der Waals surface area contributed by atoms with E-state index in [0.717, 1.165) is 0 Å². The molecule has 0 bridgehead atoms. The first kappa shape index (κ1) is 20.8. The Morgan fingerprint density at radius 2 is 1.07 bits per heavy atom. The van der Waals surface area contributed by atoms with Crippen LogP contribution in [0.3, 0.4) is 0 Å². The predicted molar refractivity (Wildman–Crippen MR) is 59.6 cm³/mol. The second-order valence-corrected chi connectivity index (χ2v) is 3.74. The molecule has 0 heterocycles. The van der Waals surface area contributed by atoms with Gasteiger partial charge in [0.15, 0.2) is 0 Å².